The Hall–Kier alpha value is -1.56. The highest BCUT2D eigenvalue weighted by molar-refractivity contribution is 5.92. The van der Waals surface area contributed by atoms with Crippen LogP contribution in [0.2, 0.25) is 0 Å². The van der Waals surface area contributed by atoms with E-state index in [2.05, 4.69) is 9.88 Å². The van der Waals surface area contributed by atoms with Crippen molar-refractivity contribution in [1.82, 2.24) is 14.5 Å². The average molecular weight is 294 g/mol. The summed E-state index contributed by atoms with van der Waals surface area (Å²) < 4.78 is 6.97. The molecule has 2 N–H and O–H groups in total. The van der Waals surface area contributed by atoms with Gasteiger partial charge in [0, 0.05) is 19.5 Å². The zero-order valence-corrected chi connectivity index (χ0v) is 13.1. The maximum atomic E-state index is 11.9. The van der Waals surface area contributed by atoms with Crippen molar-refractivity contribution >= 4 is 11.8 Å². The Kier molecular flexibility index (Phi) is 5.61. The lowest BCUT2D eigenvalue weighted by molar-refractivity contribution is 0.0521. The van der Waals surface area contributed by atoms with Gasteiger partial charge in [-0.1, -0.05) is 13.3 Å². The Labute approximate surface area is 126 Å². The fourth-order valence-electron chi connectivity index (χ4n) is 2.81. The topological polar surface area (TPSA) is 73.4 Å². The van der Waals surface area contributed by atoms with Gasteiger partial charge in [-0.05, 0) is 32.9 Å². The SMILES string of the molecule is CCOC(=O)c1nc(CC)n(CCN2CCCCC2)c1N. The summed E-state index contributed by atoms with van der Waals surface area (Å²) in [6, 6.07) is 0. The van der Waals surface area contributed by atoms with E-state index < -0.39 is 5.97 Å². The molecule has 0 spiro atoms. The fraction of sp³-hybridized carbons (Fsp3) is 0.733. The lowest BCUT2D eigenvalue weighted by Crippen LogP contribution is -2.33. The van der Waals surface area contributed by atoms with Crippen LogP contribution in [-0.2, 0) is 17.7 Å². The number of rotatable bonds is 6. The third-order valence-corrected chi connectivity index (χ3v) is 3.96. The Bertz CT molecular complexity index is 478. The number of hydrogen-bond donors (Lipinski definition) is 1. The van der Waals surface area contributed by atoms with Gasteiger partial charge in [0.05, 0.1) is 6.61 Å². The molecule has 1 aliphatic rings. The molecule has 0 amide bonds. The third kappa shape index (κ3) is 3.75. The number of hydrogen-bond acceptors (Lipinski definition) is 5. The van der Waals surface area contributed by atoms with Gasteiger partial charge in [0.25, 0.3) is 0 Å². The number of piperidine rings is 1. The molecular weight excluding hydrogens is 268 g/mol. The van der Waals surface area contributed by atoms with Gasteiger partial charge in [-0.25, -0.2) is 9.78 Å². The second kappa shape index (κ2) is 7.45. The van der Waals surface area contributed by atoms with Crippen LogP contribution in [0.25, 0.3) is 0 Å². The molecule has 1 aromatic heterocycles. The quantitative estimate of drug-likeness (QED) is 0.808. The van der Waals surface area contributed by atoms with E-state index in [1.165, 1.54) is 19.3 Å². The van der Waals surface area contributed by atoms with Crippen molar-refractivity contribution in [2.75, 3.05) is 32.0 Å². The Morgan fingerprint density at radius 1 is 1.24 bits per heavy atom. The van der Waals surface area contributed by atoms with Gasteiger partial charge >= 0.3 is 5.97 Å². The van der Waals surface area contributed by atoms with E-state index in [1.54, 1.807) is 6.92 Å². The number of nitrogens with two attached hydrogens (primary N) is 1. The zero-order chi connectivity index (χ0) is 15.2. The average Bonchev–Trinajstić information content (AvgIpc) is 2.83. The zero-order valence-electron chi connectivity index (χ0n) is 13.1. The minimum absolute atomic E-state index is 0.257. The molecular formula is C15H26N4O2. The second-order valence-electron chi connectivity index (χ2n) is 5.39. The molecule has 2 heterocycles. The standard InChI is InChI=1S/C15H26N4O2/c1-3-12-17-13(15(20)21-4-2)14(16)19(12)11-10-18-8-6-5-7-9-18/h3-11,16H2,1-2H3. The molecule has 0 radical (unpaired) electrons. The van der Waals surface area contributed by atoms with Crippen LogP contribution in [0, 0.1) is 0 Å². The number of imidazole rings is 1. The van der Waals surface area contributed by atoms with E-state index in [0.717, 1.165) is 38.4 Å². The van der Waals surface area contributed by atoms with Crippen molar-refractivity contribution in [2.45, 2.75) is 46.1 Å². The van der Waals surface area contributed by atoms with Crippen molar-refractivity contribution in [1.29, 1.82) is 0 Å². The summed E-state index contributed by atoms with van der Waals surface area (Å²) in [6.07, 6.45) is 4.63. The highest BCUT2D eigenvalue weighted by Gasteiger charge is 2.21. The number of nitrogen functional groups attached to an aromatic ring is 1. The van der Waals surface area contributed by atoms with Crippen LogP contribution < -0.4 is 5.73 Å². The van der Waals surface area contributed by atoms with Gasteiger partial charge in [0.15, 0.2) is 5.69 Å². The van der Waals surface area contributed by atoms with Crippen LogP contribution in [0.15, 0.2) is 0 Å². The number of nitrogens with zero attached hydrogens (tertiary/aromatic N) is 3. The summed E-state index contributed by atoms with van der Waals surface area (Å²) in [7, 11) is 0. The molecule has 2 rings (SSSR count). The van der Waals surface area contributed by atoms with Crippen LogP contribution in [0.5, 0.6) is 0 Å². The Balaban J connectivity index is 2.08. The predicted octanol–water partition coefficient (Wildman–Crippen LogP) is 1.69. The van der Waals surface area contributed by atoms with Gasteiger partial charge < -0.3 is 19.9 Å². The van der Waals surface area contributed by atoms with Crippen molar-refractivity contribution in [3.05, 3.63) is 11.5 Å². The normalized spacial score (nSPS) is 16.1. The number of likely N-dealkylation sites (tertiary alicyclic amines) is 1. The molecule has 0 bridgehead atoms. The van der Waals surface area contributed by atoms with Crippen LogP contribution in [0.3, 0.4) is 0 Å². The lowest BCUT2D eigenvalue weighted by atomic mass is 10.1. The number of esters is 1. The monoisotopic (exact) mass is 294 g/mol. The summed E-state index contributed by atoms with van der Waals surface area (Å²) >= 11 is 0. The maximum absolute atomic E-state index is 11.9. The first-order chi connectivity index (χ1) is 10.2. The lowest BCUT2D eigenvalue weighted by Gasteiger charge is -2.26. The van der Waals surface area contributed by atoms with Crippen molar-refractivity contribution < 1.29 is 9.53 Å². The van der Waals surface area contributed by atoms with Crippen molar-refractivity contribution in [2.24, 2.45) is 0 Å². The number of carbonyl (C=O) groups excluding carboxylic acids is 1. The minimum atomic E-state index is -0.429. The Morgan fingerprint density at radius 3 is 2.57 bits per heavy atom. The van der Waals surface area contributed by atoms with Crippen molar-refractivity contribution in [3.63, 3.8) is 0 Å². The molecule has 0 atom stereocenters. The third-order valence-electron chi connectivity index (χ3n) is 3.96. The fourth-order valence-corrected chi connectivity index (χ4v) is 2.81. The van der Waals surface area contributed by atoms with Gasteiger partial charge in [0.2, 0.25) is 0 Å². The summed E-state index contributed by atoms with van der Waals surface area (Å²) in [5, 5.41) is 0. The molecule has 1 aromatic rings. The highest BCUT2D eigenvalue weighted by Crippen LogP contribution is 2.17. The van der Waals surface area contributed by atoms with Gasteiger partial charge in [-0.3, -0.25) is 0 Å². The summed E-state index contributed by atoms with van der Waals surface area (Å²) in [6.45, 7) is 8.18. The van der Waals surface area contributed by atoms with E-state index >= 15 is 0 Å². The van der Waals surface area contributed by atoms with Crippen LogP contribution in [0.1, 0.15) is 49.4 Å². The summed E-state index contributed by atoms with van der Waals surface area (Å²) in [4.78, 5) is 18.7. The smallest absolute Gasteiger partial charge is 0.360 e. The molecule has 0 saturated carbocycles. The molecule has 6 heteroatoms. The van der Waals surface area contributed by atoms with Gasteiger partial charge in [0.1, 0.15) is 11.6 Å². The van der Waals surface area contributed by atoms with E-state index in [-0.39, 0.29) is 5.69 Å². The second-order valence-corrected chi connectivity index (χ2v) is 5.39. The molecule has 1 saturated heterocycles. The first-order valence-electron chi connectivity index (χ1n) is 7.91. The number of anilines is 1. The van der Waals surface area contributed by atoms with Gasteiger partial charge in [-0.2, -0.15) is 0 Å². The maximum Gasteiger partial charge on any atom is 0.360 e. The molecule has 6 nitrogen and oxygen atoms in total. The van der Waals surface area contributed by atoms with Gasteiger partial charge in [-0.15, -0.1) is 0 Å². The molecule has 1 aliphatic heterocycles. The Morgan fingerprint density at radius 2 is 1.95 bits per heavy atom. The van der Waals surface area contributed by atoms with E-state index in [0.29, 0.717) is 12.4 Å². The molecule has 1 fully saturated rings. The largest absolute Gasteiger partial charge is 0.461 e. The van der Waals surface area contributed by atoms with Crippen LogP contribution >= 0.6 is 0 Å². The minimum Gasteiger partial charge on any atom is -0.461 e. The molecule has 118 valence electrons. The highest BCUT2D eigenvalue weighted by atomic mass is 16.5. The van der Waals surface area contributed by atoms with E-state index in [4.69, 9.17) is 10.5 Å². The van der Waals surface area contributed by atoms with E-state index in [9.17, 15) is 4.79 Å². The first-order valence-corrected chi connectivity index (χ1v) is 7.91. The van der Waals surface area contributed by atoms with Crippen LogP contribution in [-0.4, -0.2) is 46.7 Å². The summed E-state index contributed by atoms with van der Waals surface area (Å²) in [5.41, 5.74) is 6.36. The number of ether oxygens (including phenoxy) is 1. The molecule has 0 unspecified atom stereocenters. The van der Waals surface area contributed by atoms with E-state index in [1.807, 2.05) is 11.5 Å². The molecule has 21 heavy (non-hydrogen) atoms. The number of carbonyl (C=O) groups is 1. The molecule has 0 aliphatic carbocycles. The van der Waals surface area contributed by atoms with Crippen LogP contribution in [0.4, 0.5) is 5.82 Å². The molecule has 0 aromatic carbocycles. The predicted molar refractivity (Wildman–Crippen MR) is 82.3 cm³/mol. The first kappa shape index (κ1) is 15.8. The number of aromatic nitrogens is 2. The summed E-state index contributed by atoms with van der Waals surface area (Å²) in [5.74, 6) is 0.858. The van der Waals surface area contributed by atoms with Crippen molar-refractivity contribution in [3.8, 4) is 0 Å². The number of aryl methyl sites for hydroxylation is 1.